The molecule has 0 saturated carbocycles. The number of amidine groups is 1. The second-order valence-electron chi connectivity index (χ2n) is 3.35. The molecule has 2 rings (SSSR count). The molecule has 1 unspecified atom stereocenters. The third-order valence-corrected chi connectivity index (χ3v) is 3.36. The van der Waals surface area contributed by atoms with Crippen LogP contribution < -0.4 is 5.73 Å². The van der Waals surface area contributed by atoms with Crippen molar-refractivity contribution < 1.29 is 4.79 Å². The molecule has 0 aliphatic carbocycles. The number of halogens is 2. The van der Waals surface area contributed by atoms with E-state index >= 15 is 0 Å². The summed E-state index contributed by atoms with van der Waals surface area (Å²) >= 11 is 6.70. The van der Waals surface area contributed by atoms with Gasteiger partial charge in [-0.25, -0.2) is 4.79 Å². The van der Waals surface area contributed by atoms with Crippen LogP contribution in [0.15, 0.2) is 26.2 Å². The summed E-state index contributed by atoms with van der Waals surface area (Å²) in [5.41, 5.74) is 6.39. The van der Waals surface area contributed by atoms with Crippen molar-refractivity contribution in [2.75, 3.05) is 7.05 Å². The third kappa shape index (κ3) is 1.84. The van der Waals surface area contributed by atoms with Gasteiger partial charge in [0.1, 0.15) is 11.9 Å². The fourth-order valence-corrected chi connectivity index (χ4v) is 2.71. The zero-order chi connectivity index (χ0) is 11.9. The molecule has 0 bridgehead atoms. The lowest BCUT2D eigenvalue weighted by molar-refractivity contribution is 0.218. The topological polar surface area (TPSA) is 71.6 Å². The van der Waals surface area contributed by atoms with Crippen LogP contribution in [0.2, 0.25) is 0 Å². The van der Waals surface area contributed by atoms with E-state index in [9.17, 15) is 4.79 Å². The number of nitrogens with two attached hydrogens (primary N) is 1. The molecule has 1 atom stereocenters. The number of amides is 2. The Balaban J connectivity index is 2.45. The monoisotopic (exact) mass is 346 g/mol. The molecule has 5 nitrogen and oxygen atoms in total. The van der Waals surface area contributed by atoms with Gasteiger partial charge < -0.3 is 10.6 Å². The Morgan fingerprint density at radius 1 is 1.50 bits per heavy atom. The first-order valence-corrected chi connectivity index (χ1v) is 6.01. The number of aromatic nitrogens is 1. The molecule has 0 aromatic carbocycles. The number of likely N-dealkylation sites (N-methyl/N-ethyl adjacent to an activating group) is 1. The van der Waals surface area contributed by atoms with Gasteiger partial charge in [0.15, 0.2) is 0 Å². The van der Waals surface area contributed by atoms with Gasteiger partial charge in [-0.1, -0.05) is 0 Å². The number of hydrogen-bond acceptors (Lipinski definition) is 3. The van der Waals surface area contributed by atoms with E-state index in [0.29, 0.717) is 5.69 Å². The molecule has 84 valence electrons. The predicted molar refractivity (Wildman–Crippen MR) is 67.2 cm³/mol. The van der Waals surface area contributed by atoms with Crippen molar-refractivity contribution in [3.8, 4) is 0 Å². The average molecular weight is 348 g/mol. The summed E-state index contributed by atoms with van der Waals surface area (Å²) in [6.45, 7) is 0. The molecule has 16 heavy (non-hydrogen) atoms. The Kier molecular flexibility index (Phi) is 2.98. The first kappa shape index (κ1) is 11.5. The molecule has 2 N–H and O–H groups in total. The van der Waals surface area contributed by atoms with Crippen molar-refractivity contribution in [1.82, 2.24) is 9.88 Å². The second-order valence-corrected chi connectivity index (χ2v) is 5.12. The van der Waals surface area contributed by atoms with Crippen LogP contribution in [0.5, 0.6) is 0 Å². The van der Waals surface area contributed by atoms with Gasteiger partial charge in [0, 0.05) is 22.2 Å². The maximum atomic E-state index is 11.4. The largest absolute Gasteiger partial charge is 0.385 e. The Hall–Kier alpha value is -0.950. The number of pyridine rings is 1. The highest BCUT2D eigenvalue weighted by Crippen LogP contribution is 2.30. The standard InChI is InChI=1S/C9H8Br2N4O/c1-15-7(8(12)14-9(15)16)6-5(11)2-4(10)3-13-6/h2-3,7H,1H3,(H2,12,14,16). The van der Waals surface area contributed by atoms with E-state index in [0.717, 1.165) is 8.95 Å². The summed E-state index contributed by atoms with van der Waals surface area (Å²) < 4.78 is 1.64. The number of rotatable bonds is 1. The predicted octanol–water partition coefficient (Wildman–Crippen LogP) is 2.07. The highest BCUT2D eigenvalue weighted by atomic mass is 79.9. The number of carbonyl (C=O) groups is 1. The zero-order valence-corrected chi connectivity index (χ0v) is 11.5. The van der Waals surface area contributed by atoms with E-state index in [1.54, 1.807) is 13.2 Å². The Labute approximate surface area is 109 Å². The van der Waals surface area contributed by atoms with Crippen LogP contribution in [-0.2, 0) is 0 Å². The highest BCUT2D eigenvalue weighted by Gasteiger charge is 2.33. The first-order chi connectivity index (χ1) is 7.50. The summed E-state index contributed by atoms with van der Waals surface area (Å²) in [5.74, 6) is 0.267. The molecule has 1 aliphatic rings. The molecular formula is C9H8Br2N4O. The molecule has 2 amide bonds. The molecule has 0 saturated heterocycles. The fourth-order valence-electron chi connectivity index (χ4n) is 1.51. The minimum atomic E-state index is -0.394. The Bertz CT molecular complexity index is 488. The summed E-state index contributed by atoms with van der Waals surface area (Å²) in [6.07, 6.45) is 1.66. The van der Waals surface area contributed by atoms with Gasteiger partial charge in [-0.05, 0) is 37.9 Å². The van der Waals surface area contributed by atoms with Crippen LogP contribution in [0.4, 0.5) is 4.79 Å². The van der Waals surface area contributed by atoms with Crippen LogP contribution >= 0.6 is 31.9 Å². The molecule has 0 spiro atoms. The fraction of sp³-hybridized carbons (Fsp3) is 0.222. The van der Waals surface area contributed by atoms with Gasteiger partial charge in [0.25, 0.3) is 0 Å². The maximum absolute atomic E-state index is 11.4. The number of hydrogen-bond donors (Lipinski definition) is 1. The van der Waals surface area contributed by atoms with E-state index < -0.39 is 6.04 Å². The molecule has 2 heterocycles. The molecule has 7 heteroatoms. The van der Waals surface area contributed by atoms with Crippen LogP contribution in [0, 0.1) is 0 Å². The minimum absolute atomic E-state index is 0.267. The molecule has 1 aliphatic heterocycles. The summed E-state index contributed by atoms with van der Waals surface area (Å²) in [6, 6.07) is 1.11. The van der Waals surface area contributed by atoms with Crippen molar-refractivity contribution in [1.29, 1.82) is 0 Å². The Morgan fingerprint density at radius 2 is 2.19 bits per heavy atom. The normalized spacial score (nSPS) is 20.2. The number of carbonyl (C=O) groups excluding carboxylic acids is 1. The van der Waals surface area contributed by atoms with Crippen molar-refractivity contribution in [2.24, 2.45) is 10.7 Å². The van der Waals surface area contributed by atoms with E-state index in [1.807, 2.05) is 6.07 Å². The van der Waals surface area contributed by atoms with Crippen molar-refractivity contribution in [3.05, 3.63) is 26.9 Å². The summed E-state index contributed by atoms with van der Waals surface area (Å²) in [7, 11) is 1.65. The van der Waals surface area contributed by atoms with Crippen molar-refractivity contribution in [3.63, 3.8) is 0 Å². The number of aliphatic imine (C=N–C) groups is 1. The average Bonchev–Trinajstić information content (AvgIpc) is 2.43. The van der Waals surface area contributed by atoms with Gasteiger partial charge in [0.2, 0.25) is 0 Å². The van der Waals surface area contributed by atoms with Crippen LogP contribution in [0.25, 0.3) is 0 Å². The lowest BCUT2D eigenvalue weighted by Crippen LogP contribution is -2.31. The quantitative estimate of drug-likeness (QED) is 0.845. The molecule has 0 radical (unpaired) electrons. The van der Waals surface area contributed by atoms with E-state index in [4.69, 9.17) is 5.73 Å². The lowest BCUT2D eigenvalue weighted by Gasteiger charge is -2.19. The molecule has 1 aromatic heterocycles. The van der Waals surface area contributed by atoms with Gasteiger partial charge >= 0.3 is 6.03 Å². The molecule has 1 aromatic rings. The molecular weight excluding hydrogens is 340 g/mol. The molecule has 0 fully saturated rings. The first-order valence-electron chi connectivity index (χ1n) is 4.42. The number of nitrogens with zero attached hydrogens (tertiary/aromatic N) is 3. The van der Waals surface area contributed by atoms with Crippen LogP contribution in [0.1, 0.15) is 11.7 Å². The van der Waals surface area contributed by atoms with E-state index in [-0.39, 0.29) is 11.9 Å². The summed E-state index contributed by atoms with van der Waals surface area (Å²) in [4.78, 5) is 20.8. The number of urea groups is 1. The smallest absolute Gasteiger partial charge is 0.345 e. The van der Waals surface area contributed by atoms with Gasteiger partial charge in [-0.15, -0.1) is 0 Å². The van der Waals surface area contributed by atoms with E-state index in [1.165, 1.54) is 4.90 Å². The zero-order valence-electron chi connectivity index (χ0n) is 8.32. The SMILES string of the molecule is CN1C(=O)N=C(N)C1c1ncc(Br)cc1Br. The van der Waals surface area contributed by atoms with Crippen molar-refractivity contribution in [2.45, 2.75) is 6.04 Å². The summed E-state index contributed by atoms with van der Waals surface area (Å²) in [5, 5.41) is 0. The second kappa shape index (κ2) is 4.14. The van der Waals surface area contributed by atoms with Crippen LogP contribution in [-0.4, -0.2) is 28.8 Å². The maximum Gasteiger partial charge on any atom is 0.345 e. The third-order valence-electron chi connectivity index (χ3n) is 2.29. The van der Waals surface area contributed by atoms with E-state index in [2.05, 4.69) is 41.8 Å². The highest BCUT2D eigenvalue weighted by molar-refractivity contribution is 9.11. The lowest BCUT2D eigenvalue weighted by atomic mass is 10.1. The van der Waals surface area contributed by atoms with Gasteiger partial charge in [-0.2, -0.15) is 4.99 Å². The van der Waals surface area contributed by atoms with Gasteiger partial charge in [-0.3, -0.25) is 4.98 Å². The minimum Gasteiger partial charge on any atom is -0.385 e. The van der Waals surface area contributed by atoms with Gasteiger partial charge in [0.05, 0.1) is 5.69 Å². The van der Waals surface area contributed by atoms with Crippen LogP contribution in [0.3, 0.4) is 0 Å². The Morgan fingerprint density at radius 3 is 2.69 bits per heavy atom. The van der Waals surface area contributed by atoms with Crippen molar-refractivity contribution >= 4 is 43.7 Å².